The second-order valence-corrected chi connectivity index (χ2v) is 4.45. The molecule has 1 aliphatic rings. The Morgan fingerprint density at radius 2 is 2.06 bits per heavy atom. The number of nitrogens with zero attached hydrogens (tertiary/aromatic N) is 4. The Hall–Kier alpha value is -2.11. The highest BCUT2D eigenvalue weighted by molar-refractivity contribution is 5.60. The van der Waals surface area contributed by atoms with Gasteiger partial charge < -0.3 is 5.73 Å². The lowest BCUT2D eigenvalue weighted by Crippen LogP contribution is -2.01. The third kappa shape index (κ3) is 1.90. The van der Waals surface area contributed by atoms with Gasteiger partial charge in [-0.2, -0.15) is 0 Å². The van der Waals surface area contributed by atoms with Gasteiger partial charge in [-0.3, -0.25) is 4.39 Å². The van der Waals surface area contributed by atoms with Crippen LogP contribution in [0, 0.1) is 5.92 Å². The largest absolute Gasteiger partial charge is 0.382 e. The number of anilines is 1. The van der Waals surface area contributed by atoms with Crippen LogP contribution in [0.4, 0.5) is 10.2 Å². The van der Waals surface area contributed by atoms with Gasteiger partial charge in [0.1, 0.15) is 12.1 Å². The fourth-order valence-electron chi connectivity index (χ4n) is 2.08. The van der Waals surface area contributed by atoms with Crippen LogP contribution in [0.15, 0.2) is 24.8 Å². The van der Waals surface area contributed by atoms with Crippen molar-refractivity contribution in [2.75, 3.05) is 12.4 Å². The standard InChI is InChI=1S/C12H12FN5/c13-3-7-1-9(7)10-2-11(17-18-12(10)14)8-4-15-6-16-5-8/h2,4-7,9H,1,3H2,(H2,14,18). The number of nitrogens with two attached hydrogens (primary N) is 1. The molecule has 92 valence electrons. The minimum absolute atomic E-state index is 0.0800. The summed E-state index contributed by atoms with van der Waals surface area (Å²) in [5.41, 5.74) is 8.13. The van der Waals surface area contributed by atoms with Gasteiger partial charge in [-0.15, -0.1) is 10.2 Å². The van der Waals surface area contributed by atoms with E-state index in [4.69, 9.17) is 5.73 Å². The predicted octanol–water partition coefficient (Wildman–Crippen LogP) is 1.59. The first-order valence-electron chi connectivity index (χ1n) is 5.74. The Kier molecular flexibility index (Phi) is 2.62. The van der Waals surface area contributed by atoms with Crippen LogP contribution in [-0.4, -0.2) is 26.8 Å². The van der Waals surface area contributed by atoms with E-state index < -0.39 is 0 Å². The molecule has 6 heteroatoms. The Morgan fingerprint density at radius 3 is 2.72 bits per heavy atom. The minimum Gasteiger partial charge on any atom is -0.382 e. The zero-order chi connectivity index (χ0) is 12.5. The molecule has 2 aromatic rings. The third-order valence-electron chi connectivity index (χ3n) is 3.23. The molecule has 0 radical (unpaired) electrons. The Labute approximate surface area is 103 Å². The van der Waals surface area contributed by atoms with Crippen LogP contribution in [-0.2, 0) is 0 Å². The first-order chi connectivity index (χ1) is 8.79. The summed E-state index contributed by atoms with van der Waals surface area (Å²) < 4.78 is 12.6. The minimum atomic E-state index is -0.309. The number of rotatable bonds is 3. The summed E-state index contributed by atoms with van der Waals surface area (Å²) in [6.45, 7) is -0.309. The van der Waals surface area contributed by atoms with Gasteiger partial charge >= 0.3 is 0 Å². The topological polar surface area (TPSA) is 77.6 Å². The molecular weight excluding hydrogens is 233 g/mol. The number of aromatic nitrogens is 4. The zero-order valence-corrected chi connectivity index (χ0v) is 9.62. The molecule has 0 aromatic carbocycles. The summed E-state index contributed by atoms with van der Waals surface area (Å²) in [4.78, 5) is 7.87. The van der Waals surface area contributed by atoms with Gasteiger partial charge in [0.15, 0.2) is 0 Å². The Balaban J connectivity index is 1.97. The number of hydrogen-bond acceptors (Lipinski definition) is 5. The second kappa shape index (κ2) is 4.29. The van der Waals surface area contributed by atoms with Crippen molar-refractivity contribution >= 4 is 5.82 Å². The van der Waals surface area contributed by atoms with E-state index >= 15 is 0 Å². The average Bonchev–Trinajstić information content (AvgIpc) is 3.20. The van der Waals surface area contributed by atoms with Crippen molar-refractivity contribution in [3.05, 3.63) is 30.4 Å². The van der Waals surface area contributed by atoms with Gasteiger partial charge in [0.2, 0.25) is 0 Å². The lowest BCUT2D eigenvalue weighted by atomic mass is 10.1. The third-order valence-corrected chi connectivity index (χ3v) is 3.23. The van der Waals surface area contributed by atoms with Gasteiger partial charge in [-0.1, -0.05) is 0 Å². The van der Waals surface area contributed by atoms with E-state index in [1.807, 2.05) is 6.07 Å². The first kappa shape index (κ1) is 11.0. The highest BCUT2D eigenvalue weighted by atomic mass is 19.1. The van der Waals surface area contributed by atoms with E-state index in [-0.39, 0.29) is 18.5 Å². The molecule has 2 atom stereocenters. The molecule has 0 saturated heterocycles. The normalized spacial score (nSPS) is 21.8. The molecule has 5 nitrogen and oxygen atoms in total. The number of alkyl halides is 1. The fraction of sp³-hybridized carbons (Fsp3) is 0.333. The maximum Gasteiger partial charge on any atom is 0.149 e. The van der Waals surface area contributed by atoms with Crippen molar-refractivity contribution in [1.29, 1.82) is 0 Å². The van der Waals surface area contributed by atoms with E-state index in [0.717, 1.165) is 17.5 Å². The molecular formula is C12H12FN5. The van der Waals surface area contributed by atoms with Crippen LogP contribution in [0.3, 0.4) is 0 Å². The summed E-state index contributed by atoms with van der Waals surface area (Å²) in [6, 6.07) is 1.86. The van der Waals surface area contributed by atoms with Gasteiger partial charge in [0.05, 0.1) is 12.4 Å². The summed E-state index contributed by atoms with van der Waals surface area (Å²) in [6.07, 6.45) is 5.61. The molecule has 2 aromatic heterocycles. The second-order valence-electron chi connectivity index (χ2n) is 4.45. The van der Waals surface area contributed by atoms with Crippen LogP contribution in [0.5, 0.6) is 0 Å². The first-order valence-corrected chi connectivity index (χ1v) is 5.74. The Bertz CT molecular complexity index is 560. The molecule has 0 amide bonds. The van der Waals surface area contributed by atoms with E-state index in [0.29, 0.717) is 11.5 Å². The molecule has 2 heterocycles. The predicted molar refractivity (Wildman–Crippen MR) is 64.3 cm³/mol. The molecule has 3 rings (SSSR count). The quantitative estimate of drug-likeness (QED) is 0.888. The van der Waals surface area contributed by atoms with E-state index in [9.17, 15) is 4.39 Å². The average molecular weight is 245 g/mol. The molecule has 1 aliphatic carbocycles. The van der Waals surface area contributed by atoms with Crippen LogP contribution < -0.4 is 5.73 Å². The van der Waals surface area contributed by atoms with Gasteiger partial charge in [-0.05, 0) is 24.3 Å². The smallest absolute Gasteiger partial charge is 0.149 e. The molecule has 0 spiro atoms. The van der Waals surface area contributed by atoms with Crippen molar-refractivity contribution in [1.82, 2.24) is 20.2 Å². The molecule has 0 aliphatic heterocycles. The van der Waals surface area contributed by atoms with Crippen molar-refractivity contribution in [3.8, 4) is 11.3 Å². The van der Waals surface area contributed by atoms with Crippen LogP contribution in [0.1, 0.15) is 17.9 Å². The highest BCUT2D eigenvalue weighted by Gasteiger charge is 2.40. The summed E-state index contributed by atoms with van der Waals surface area (Å²) in [7, 11) is 0. The number of hydrogen-bond donors (Lipinski definition) is 1. The lowest BCUT2D eigenvalue weighted by Gasteiger charge is -2.05. The van der Waals surface area contributed by atoms with Crippen LogP contribution >= 0.6 is 0 Å². The number of halogens is 1. The maximum atomic E-state index is 12.6. The van der Waals surface area contributed by atoms with E-state index in [2.05, 4.69) is 20.2 Å². The van der Waals surface area contributed by atoms with Crippen LogP contribution in [0.25, 0.3) is 11.3 Å². The molecule has 2 N–H and O–H groups in total. The van der Waals surface area contributed by atoms with Crippen molar-refractivity contribution in [2.45, 2.75) is 12.3 Å². The molecule has 2 unspecified atom stereocenters. The Morgan fingerprint density at radius 1 is 1.28 bits per heavy atom. The number of nitrogen functional groups attached to an aromatic ring is 1. The fourth-order valence-corrected chi connectivity index (χ4v) is 2.08. The van der Waals surface area contributed by atoms with Crippen molar-refractivity contribution in [3.63, 3.8) is 0 Å². The van der Waals surface area contributed by atoms with Crippen molar-refractivity contribution in [2.24, 2.45) is 5.92 Å². The lowest BCUT2D eigenvalue weighted by molar-refractivity contribution is 0.452. The highest BCUT2D eigenvalue weighted by Crippen LogP contribution is 2.49. The SMILES string of the molecule is Nc1nnc(-c2cncnc2)cc1C1CC1CF. The molecule has 1 saturated carbocycles. The van der Waals surface area contributed by atoms with Crippen molar-refractivity contribution < 1.29 is 4.39 Å². The monoisotopic (exact) mass is 245 g/mol. The maximum absolute atomic E-state index is 12.6. The van der Waals surface area contributed by atoms with Gasteiger partial charge in [0, 0.05) is 23.5 Å². The zero-order valence-electron chi connectivity index (χ0n) is 9.62. The van der Waals surface area contributed by atoms with E-state index in [1.165, 1.54) is 6.33 Å². The summed E-state index contributed by atoms with van der Waals surface area (Å²) >= 11 is 0. The summed E-state index contributed by atoms with van der Waals surface area (Å²) in [5, 5.41) is 7.96. The van der Waals surface area contributed by atoms with Crippen LogP contribution in [0.2, 0.25) is 0 Å². The van der Waals surface area contributed by atoms with Gasteiger partial charge in [-0.25, -0.2) is 9.97 Å². The molecule has 18 heavy (non-hydrogen) atoms. The van der Waals surface area contributed by atoms with Gasteiger partial charge in [0.25, 0.3) is 0 Å². The molecule has 1 fully saturated rings. The van der Waals surface area contributed by atoms with E-state index in [1.54, 1.807) is 12.4 Å². The summed E-state index contributed by atoms with van der Waals surface area (Å²) in [5.74, 6) is 0.641. The molecule has 0 bridgehead atoms.